The van der Waals surface area contributed by atoms with E-state index in [1.54, 1.807) is 17.0 Å². The summed E-state index contributed by atoms with van der Waals surface area (Å²) in [5, 5.41) is 5.00. The van der Waals surface area contributed by atoms with Gasteiger partial charge < -0.3 is 19.2 Å². The van der Waals surface area contributed by atoms with Gasteiger partial charge in [-0.2, -0.15) is 0 Å². The second kappa shape index (κ2) is 6.76. The van der Waals surface area contributed by atoms with Crippen LogP contribution < -0.4 is 0 Å². The fourth-order valence-electron chi connectivity index (χ4n) is 3.41. The van der Waals surface area contributed by atoms with E-state index in [0.717, 1.165) is 5.56 Å². The lowest BCUT2D eigenvalue weighted by molar-refractivity contribution is -0.189. The Labute approximate surface area is 155 Å². The summed E-state index contributed by atoms with van der Waals surface area (Å²) in [6, 6.07) is 5.27. The van der Waals surface area contributed by atoms with Crippen molar-refractivity contribution in [3.05, 3.63) is 33.8 Å². The minimum atomic E-state index is -0.594. The van der Waals surface area contributed by atoms with Crippen molar-refractivity contribution >= 4 is 34.8 Å². The lowest BCUT2D eigenvalue weighted by atomic mass is 10.0. The van der Waals surface area contributed by atoms with Crippen LogP contribution in [0.25, 0.3) is 0 Å². The van der Waals surface area contributed by atoms with Crippen LogP contribution in [-0.4, -0.2) is 54.7 Å². The van der Waals surface area contributed by atoms with Gasteiger partial charge >= 0.3 is 0 Å². The van der Waals surface area contributed by atoms with Crippen molar-refractivity contribution in [1.29, 1.82) is 0 Å². The van der Waals surface area contributed by atoms with Gasteiger partial charge in [-0.1, -0.05) is 34.4 Å². The van der Waals surface area contributed by atoms with Gasteiger partial charge in [0.05, 0.1) is 29.0 Å². The molecule has 3 aliphatic heterocycles. The van der Waals surface area contributed by atoms with Gasteiger partial charge in [0, 0.05) is 37.9 Å². The molecular formula is C17H18Cl2N2O4. The maximum atomic E-state index is 12.7. The van der Waals surface area contributed by atoms with Crippen LogP contribution in [0.1, 0.15) is 24.8 Å². The van der Waals surface area contributed by atoms with Gasteiger partial charge in [0.1, 0.15) is 0 Å². The quantitative estimate of drug-likeness (QED) is 0.786. The van der Waals surface area contributed by atoms with E-state index in [0.29, 0.717) is 61.3 Å². The molecule has 3 aliphatic rings. The Bertz CT molecular complexity index is 709. The Kier molecular flexibility index (Phi) is 4.62. The molecule has 2 saturated heterocycles. The largest absolute Gasteiger partial charge is 0.382 e. The average molecular weight is 385 g/mol. The number of likely N-dealkylation sites (tertiary alicyclic amines) is 1. The highest BCUT2D eigenvalue weighted by Gasteiger charge is 2.42. The lowest BCUT2D eigenvalue weighted by Crippen LogP contribution is -2.50. The van der Waals surface area contributed by atoms with Gasteiger partial charge in [-0.05, 0) is 12.1 Å². The monoisotopic (exact) mass is 384 g/mol. The molecule has 1 aromatic carbocycles. The number of carbonyl (C=O) groups is 1. The summed E-state index contributed by atoms with van der Waals surface area (Å²) in [4.78, 5) is 19.9. The van der Waals surface area contributed by atoms with E-state index >= 15 is 0 Å². The minimum absolute atomic E-state index is 0.0494. The molecule has 0 aliphatic carbocycles. The predicted molar refractivity (Wildman–Crippen MR) is 92.9 cm³/mol. The van der Waals surface area contributed by atoms with Gasteiger partial charge in [0.15, 0.2) is 5.79 Å². The second-order valence-corrected chi connectivity index (χ2v) is 7.21. The third-order valence-corrected chi connectivity index (χ3v) is 5.59. The molecule has 0 unspecified atom stereocenters. The Morgan fingerprint density at radius 3 is 2.56 bits per heavy atom. The van der Waals surface area contributed by atoms with E-state index in [9.17, 15) is 4.79 Å². The molecule has 1 spiro atoms. The summed E-state index contributed by atoms with van der Waals surface area (Å²) in [6.45, 7) is 2.45. The van der Waals surface area contributed by atoms with Crippen LogP contribution in [0.15, 0.2) is 23.4 Å². The molecule has 0 aromatic heterocycles. The van der Waals surface area contributed by atoms with Crippen molar-refractivity contribution in [2.75, 3.05) is 26.3 Å². The van der Waals surface area contributed by atoms with E-state index in [4.69, 9.17) is 37.5 Å². The molecule has 25 heavy (non-hydrogen) atoms. The summed E-state index contributed by atoms with van der Waals surface area (Å²) >= 11 is 12.0. The van der Waals surface area contributed by atoms with Gasteiger partial charge in [-0.15, -0.1) is 0 Å². The molecule has 0 radical (unpaired) electrons. The summed E-state index contributed by atoms with van der Waals surface area (Å²) in [7, 11) is 0. The first-order valence-corrected chi connectivity index (χ1v) is 9.07. The van der Waals surface area contributed by atoms with E-state index in [1.807, 2.05) is 6.07 Å². The zero-order chi connectivity index (χ0) is 17.4. The minimum Gasteiger partial charge on any atom is -0.382 e. The number of carbonyl (C=O) groups excluding carboxylic acids is 1. The molecule has 2 fully saturated rings. The van der Waals surface area contributed by atoms with Crippen molar-refractivity contribution in [3.8, 4) is 0 Å². The number of oxime groups is 1. The second-order valence-electron chi connectivity index (χ2n) is 6.40. The molecule has 0 N–H and O–H groups in total. The number of ether oxygens (including phenoxy) is 2. The number of nitrogens with zero attached hydrogens (tertiary/aromatic N) is 2. The summed E-state index contributed by atoms with van der Waals surface area (Å²) in [6.07, 6.45) is 1.20. The van der Waals surface area contributed by atoms with E-state index in [2.05, 4.69) is 5.16 Å². The molecule has 1 atom stereocenters. The molecule has 3 heterocycles. The van der Waals surface area contributed by atoms with Crippen molar-refractivity contribution < 1.29 is 19.1 Å². The summed E-state index contributed by atoms with van der Waals surface area (Å²) < 4.78 is 11.4. The van der Waals surface area contributed by atoms with Gasteiger partial charge in [0.2, 0.25) is 6.10 Å². The standard InChI is InChI=1S/C17H18Cl2N2O4/c18-12-2-1-11(9-13(12)19)14-10-15(25-20-14)16(22)21-5-3-17(4-6-21)23-7-8-24-17/h1-2,9,15H,3-8,10H2/t15-/m0/s1. The van der Waals surface area contributed by atoms with Crippen LogP contribution in [0, 0.1) is 0 Å². The molecule has 4 rings (SSSR count). The highest BCUT2D eigenvalue weighted by atomic mass is 35.5. The van der Waals surface area contributed by atoms with Crippen LogP contribution in [-0.2, 0) is 19.1 Å². The number of rotatable bonds is 2. The molecule has 0 bridgehead atoms. The highest BCUT2D eigenvalue weighted by molar-refractivity contribution is 6.42. The number of benzene rings is 1. The Hall–Kier alpha value is -1.34. The topological polar surface area (TPSA) is 60.4 Å². The molecule has 0 saturated carbocycles. The zero-order valence-electron chi connectivity index (χ0n) is 13.5. The van der Waals surface area contributed by atoms with E-state index in [1.165, 1.54) is 0 Å². The Balaban J connectivity index is 1.36. The summed E-state index contributed by atoms with van der Waals surface area (Å²) in [5.74, 6) is -0.540. The van der Waals surface area contributed by atoms with Crippen LogP contribution >= 0.6 is 23.2 Å². The van der Waals surface area contributed by atoms with Gasteiger partial charge in [-0.25, -0.2) is 0 Å². The van der Waals surface area contributed by atoms with Crippen molar-refractivity contribution in [2.24, 2.45) is 5.16 Å². The summed E-state index contributed by atoms with van der Waals surface area (Å²) in [5.41, 5.74) is 1.52. The van der Waals surface area contributed by atoms with Crippen molar-refractivity contribution in [1.82, 2.24) is 4.90 Å². The molecular weight excluding hydrogens is 367 g/mol. The molecule has 134 valence electrons. The number of amides is 1. The first kappa shape index (κ1) is 17.1. The Morgan fingerprint density at radius 2 is 1.88 bits per heavy atom. The first-order valence-electron chi connectivity index (χ1n) is 8.31. The molecule has 6 nitrogen and oxygen atoms in total. The van der Waals surface area contributed by atoms with Crippen molar-refractivity contribution in [2.45, 2.75) is 31.2 Å². The predicted octanol–water partition coefficient (Wildman–Crippen LogP) is 2.85. The third kappa shape index (κ3) is 3.36. The van der Waals surface area contributed by atoms with Crippen LogP contribution in [0.2, 0.25) is 10.0 Å². The zero-order valence-corrected chi connectivity index (χ0v) is 15.1. The van der Waals surface area contributed by atoms with Crippen LogP contribution in [0.5, 0.6) is 0 Å². The Morgan fingerprint density at radius 1 is 1.16 bits per heavy atom. The number of halogens is 2. The lowest BCUT2D eigenvalue weighted by Gasteiger charge is -2.38. The fraction of sp³-hybridized carbons (Fsp3) is 0.529. The van der Waals surface area contributed by atoms with Gasteiger partial charge in [0.25, 0.3) is 5.91 Å². The number of hydrogen-bond acceptors (Lipinski definition) is 5. The van der Waals surface area contributed by atoms with E-state index in [-0.39, 0.29) is 5.91 Å². The molecule has 1 amide bonds. The molecule has 1 aromatic rings. The highest BCUT2D eigenvalue weighted by Crippen LogP contribution is 2.32. The van der Waals surface area contributed by atoms with Crippen molar-refractivity contribution in [3.63, 3.8) is 0 Å². The third-order valence-electron chi connectivity index (χ3n) is 4.85. The first-order chi connectivity index (χ1) is 12.1. The normalized spacial score (nSPS) is 25.1. The fourth-order valence-corrected chi connectivity index (χ4v) is 3.71. The SMILES string of the molecule is O=C([C@@H]1CC(c2ccc(Cl)c(Cl)c2)=NO1)N1CCC2(CC1)OCCO2. The van der Waals surface area contributed by atoms with Crippen LogP contribution in [0.4, 0.5) is 0 Å². The number of piperidine rings is 1. The maximum absolute atomic E-state index is 12.7. The van der Waals surface area contributed by atoms with Gasteiger partial charge in [-0.3, -0.25) is 4.79 Å². The van der Waals surface area contributed by atoms with E-state index < -0.39 is 11.9 Å². The average Bonchev–Trinajstić information content (AvgIpc) is 3.28. The van der Waals surface area contributed by atoms with Crippen LogP contribution in [0.3, 0.4) is 0 Å². The maximum Gasteiger partial charge on any atom is 0.266 e. The smallest absolute Gasteiger partial charge is 0.266 e. The number of hydrogen-bond donors (Lipinski definition) is 0. The molecule has 8 heteroatoms.